The molecule has 0 saturated carbocycles. The van der Waals surface area contributed by atoms with Crippen molar-refractivity contribution in [1.29, 1.82) is 0 Å². The first-order valence-electron chi connectivity index (χ1n) is 3.52. The molecule has 2 N–H and O–H groups in total. The van der Waals surface area contributed by atoms with Gasteiger partial charge >= 0.3 is 0 Å². The van der Waals surface area contributed by atoms with E-state index < -0.39 is 5.91 Å². The molecule has 68 valence electrons. The van der Waals surface area contributed by atoms with E-state index in [0.717, 1.165) is 10.0 Å². The van der Waals surface area contributed by atoms with Crippen LogP contribution in [0.3, 0.4) is 0 Å². The molecule has 0 radical (unpaired) electrons. The van der Waals surface area contributed by atoms with Crippen LogP contribution in [-0.4, -0.2) is 5.91 Å². The van der Waals surface area contributed by atoms with Crippen LogP contribution in [-0.2, 0) is 4.79 Å². The fourth-order valence-corrected chi connectivity index (χ4v) is 1.62. The van der Waals surface area contributed by atoms with Gasteiger partial charge in [0, 0.05) is 15.6 Å². The monoisotopic (exact) mass is 259 g/mol. The fraction of sp³-hybridized carbons (Fsp3) is 0. The summed E-state index contributed by atoms with van der Waals surface area (Å²) in [6.45, 7) is 0. The Morgan fingerprint density at radius 3 is 2.77 bits per heavy atom. The molecular weight excluding hydrogens is 253 g/mol. The molecule has 2 nitrogen and oxygen atoms in total. The molecule has 0 spiro atoms. The van der Waals surface area contributed by atoms with Gasteiger partial charge in [-0.2, -0.15) is 0 Å². The highest BCUT2D eigenvalue weighted by atomic mass is 79.9. The lowest BCUT2D eigenvalue weighted by molar-refractivity contribution is -0.113. The zero-order valence-corrected chi connectivity index (χ0v) is 8.97. The third kappa shape index (κ3) is 3.20. The highest BCUT2D eigenvalue weighted by Crippen LogP contribution is 2.22. The Morgan fingerprint density at radius 1 is 1.54 bits per heavy atom. The highest BCUT2D eigenvalue weighted by molar-refractivity contribution is 9.10. The second kappa shape index (κ2) is 4.44. The molecule has 0 aliphatic rings. The Hall–Kier alpha value is -0.800. The van der Waals surface area contributed by atoms with Gasteiger partial charge in [-0.1, -0.05) is 33.6 Å². The van der Waals surface area contributed by atoms with Crippen LogP contribution in [0.1, 0.15) is 5.56 Å². The van der Waals surface area contributed by atoms with Gasteiger partial charge < -0.3 is 5.73 Å². The summed E-state index contributed by atoms with van der Waals surface area (Å²) >= 11 is 9.04. The van der Waals surface area contributed by atoms with Crippen LogP contribution in [0.2, 0.25) is 5.02 Å². The zero-order valence-electron chi connectivity index (χ0n) is 6.63. The van der Waals surface area contributed by atoms with Gasteiger partial charge in [-0.05, 0) is 23.8 Å². The predicted molar refractivity (Wildman–Crippen MR) is 57.4 cm³/mol. The summed E-state index contributed by atoms with van der Waals surface area (Å²) in [4.78, 5) is 10.4. The van der Waals surface area contributed by atoms with Crippen molar-refractivity contribution in [3.8, 4) is 0 Å². The van der Waals surface area contributed by atoms with Crippen LogP contribution >= 0.6 is 27.5 Å². The standard InChI is InChI=1S/C9H7BrClNO/c10-8-5-7(11)3-1-6(8)2-4-9(12)13/h1-5H,(H2,12,13). The second-order valence-electron chi connectivity index (χ2n) is 2.40. The van der Waals surface area contributed by atoms with Crippen molar-refractivity contribution in [2.45, 2.75) is 0 Å². The summed E-state index contributed by atoms with van der Waals surface area (Å²) in [5, 5.41) is 0.642. The Kier molecular flexibility index (Phi) is 3.51. The second-order valence-corrected chi connectivity index (χ2v) is 3.69. The highest BCUT2D eigenvalue weighted by Gasteiger charge is 1.96. The summed E-state index contributed by atoms with van der Waals surface area (Å²) in [7, 11) is 0. The van der Waals surface area contributed by atoms with Crippen LogP contribution in [0, 0.1) is 0 Å². The van der Waals surface area contributed by atoms with Crippen molar-refractivity contribution in [2.24, 2.45) is 5.73 Å². The maximum atomic E-state index is 10.4. The van der Waals surface area contributed by atoms with E-state index in [2.05, 4.69) is 15.9 Å². The summed E-state index contributed by atoms with van der Waals surface area (Å²) in [6, 6.07) is 5.29. The van der Waals surface area contributed by atoms with Crippen LogP contribution < -0.4 is 5.73 Å². The van der Waals surface area contributed by atoms with Crippen LogP contribution in [0.4, 0.5) is 0 Å². The molecule has 0 aromatic heterocycles. The Morgan fingerprint density at radius 2 is 2.23 bits per heavy atom. The Labute approximate surface area is 89.5 Å². The quantitative estimate of drug-likeness (QED) is 0.816. The number of primary amides is 1. The Balaban J connectivity index is 2.96. The Bertz CT molecular complexity index is 363. The molecule has 0 fully saturated rings. The lowest BCUT2D eigenvalue weighted by Gasteiger charge is -1.97. The van der Waals surface area contributed by atoms with E-state index in [1.54, 1.807) is 24.3 Å². The number of benzene rings is 1. The minimum atomic E-state index is -0.471. The van der Waals surface area contributed by atoms with Gasteiger partial charge in [0.1, 0.15) is 0 Å². The van der Waals surface area contributed by atoms with Crippen molar-refractivity contribution in [3.63, 3.8) is 0 Å². The molecule has 0 saturated heterocycles. The van der Waals surface area contributed by atoms with Gasteiger partial charge in [-0.25, -0.2) is 0 Å². The minimum absolute atomic E-state index is 0.471. The maximum Gasteiger partial charge on any atom is 0.241 e. The van der Waals surface area contributed by atoms with Gasteiger partial charge in [0.15, 0.2) is 0 Å². The normalized spacial score (nSPS) is 10.6. The number of carbonyl (C=O) groups is 1. The van der Waals surface area contributed by atoms with Gasteiger partial charge in [-0.3, -0.25) is 4.79 Å². The predicted octanol–water partition coefficient (Wildman–Crippen LogP) is 2.60. The van der Waals surface area contributed by atoms with Crippen LogP contribution in [0.25, 0.3) is 6.08 Å². The molecule has 0 atom stereocenters. The summed E-state index contributed by atoms with van der Waals surface area (Å²) in [5.41, 5.74) is 5.82. The topological polar surface area (TPSA) is 43.1 Å². The summed E-state index contributed by atoms with van der Waals surface area (Å²) < 4.78 is 0.831. The molecule has 0 aliphatic carbocycles. The first-order chi connectivity index (χ1) is 6.09. The van der Waals surface area contributed by atoms with Gasteiger partial charge in [0.25, 0.3) is 0 Å². The lowest BCUT2D eigenvalue weighted by Crippen LogP contribution is -2.05. The third-order valence-corrected chi connectivity index (χ3v) is 2.31. The van der Waals surface area contributed by atoms with E-state index in [1.165, 1.54) is 6.08 Å². The van der Waals surface area contributed by atoms with Crippen molar-refractivity contribution < 1.29 is 4.79 Å². The number of rotatable bonds is 2. The molecule has 0 aliphatic heterocycles. The van der Waals surface area contributed by atoms with Crippen molar-refractivity contribution in [1.82, 2.24) is 0 Å². The van der Waals surface area contributed by atoms with E-state index in [1.807, 2.05) is 0 Å². The number of hydrogen-bond donors (Lipinski definition) is 1. The van der Waals surface area contributed by atoms with Gasteiger partial charge in [0.05, 0.1) is 0 Å². The number of hydrogen-bond acceptors (Lipinski definition) is 1. The molecule has 0 heterocycles. The molecule has 13 heavy (non-hydrogen) atoms. The number of nitrogens with two attached hydrogens (primary N) is 1. The average Bonchev–Trinajstić information content (AvgIpc) is 2.02. The maximum absolute atomic E-state index is 10.4. The van der Waals surface area contributed by atoms with Crippen LogP contribution in [0.15, 0.2) is 28.7 Å². The number of halogens is 2. The molecule has 0 unspecified atom stereocenters. The summed E-state index contributed by atoms with van der Waals surface area (Å²) in [6.07, 6.45) is 2.93. The van der Waals surface area contributed by atoms with Crippen LogP contribution in [0.5, 0.6) is 0 Å². The van der Waals surface area contributed by atoms with Gasteiger partial charge in [-0.15, -0.1) is 0 Å². The first kappa shape index (κ1) is 10.3. The van der Waals surface area contributed by atoms with Gasteiger partial charge in [0.2, 0.25) is 5.91 Å². The molecule has 0 bridgehead atoms. The minimum Gasteiger partial charge on any atom is -0.366 e. The van der Waals surface area contributed by atoms with E-state index in [9.17, 15) is 4.79 Å². The molecule has 1 aromatic rings. The van der Waals surface area contributed by atoms with E-state index in [4.69, 9.17) is 17.3 Å². The third-order valence-electron chi connectivity index (χ3n) is 1.39. The van der Waals surface area contributed by atoms with Crippen molar-refractivity contribution >= 4 is 39.5 Å². The summed E-state index contributed by atoms with van der Waals surface area (Å²) in [5.74, 6) is -0.471. The van der Waals surface area contributed by atoms with E-state index in [0.29, 0.717) is 5.02 Å². The lowest BCUT2D eigenvalue weighted by atomic mass is 10.2. The SMILES string of the molecule is NC(=O)C=Cc1ccc(Cl)cc1Br. The molecule has 1 rings (SSSR count). The smallest absolute Gasteiger partial charge is 0.241 e. The fourth-order valence-electron chi connectivity index (χ4n) is 0.809. The van der Waals surface area contributed by atoms with Crippen molar-refractivity contribution in [2.75, 3.05) is 0 Å². The van der Waals surface area contributed by atoms with E-state index >= 15 is 0 Å². The zero-order chi connectivity index (χ0) is 9.84. The van der Waals surface area contributed by atoms with Crippen molar-refractivity contribution in [3.05, 3.63) is 39.3 Å². The number of carbonyl (C=O) groups excluding carboxylic acids is 1. The molecule has 1 aromatic carbocycles. The first-order valence-corrected chi connectivity index (χ1v) is 4.69. The number of amides is 1. The molecule has 4 heteroatoms. The molecular formula is C9H7BrClNO. The largest absolute Gasteiger partial charge is 0.366 e. The molecule has 1 amide bonds. The average molecular weight is 261 g/mol. The van der Waals surface area contributed by atoms with E-state index in [-0.39, 0.29) is 0 Å².